The monoisotopic (exact) mass is 300 g/mol. The van der Waals surface area contributed by atoms with Gasteiger partial charge in [-0.05, 0) is 41.9 Å². The summed E-state index contributed by atoms with van der Waals surface area (Å²) < 4.78 is 0. The summed E-state index contributed by atoms with van der Waals surface area (Å²) >= 11 is 9.79. The molecule has 0 radical (unpaired) electrons. The molecule has 2 unspecified atom stereocenters. The van der Waals surface area contributed by atoms with Gasteiger partial charge in [0.2, 0.25) is 0 Å². The van der Waals surface area contributed by atoms with Gasteiger partial charge in [0, 0.05) is 9.85 Å². The Bertz CT molecular complexity index is 356. The van der Waals surface area contributed by atoms with Crippen molar-refractivity contribution < 1.29 is 0 Å². The van der Waals surface area contributed by atoms with Gasteiger partial charge in [-0.15, -0.1) is 0 Å². The maximum atomic E-state index is 5.92. The van der Waals surface area contributed by atoms with Crippen molar-refractivity contribution in [3.8, 4) is 0 Å². The molecule has 16 heavy (non-hydrogen) atoms. The smallest absolute Gasteiger partial charge is 0.0428 e. The first kappa shape index (κ1) is 12.4. The van der Waals surface area contributed by atoms with Gasteiger partial charge in [-0.3, -0.25) is 0 Å². The quantitative estimate of drug-likeness (QED) is 0.623. The Labute approximate surface area is 112 Å². The van der Waals surface area contributed by atoms with E-state index in [4.69, 9.17) is 11.6 Å². The van der Waals surface area contributed by atoms with E-state index in [0.717, 1.165) is 10.9 Å². The second-order valence-electron chi connectivity index (χ2n) is 5.44. The van der Waals surface area contributed by atoms with E-state index in [1.807, 2.05) is 12.1 Å². The predicted molar refractivity (Wildman–Crippen MR) is 74.2 cm³/mol. The summed E-state index contributed by atoms with van der Waals surface area (Å²) in [5.74, 6) is 0.730. The molecule has 2 heteroatoms. The molecule has 88 valence electrons. The maximum absolute atomic E-state index is 5.92. The number of hydrogen-bond acceptors (Lipinski definition) is 0. The summed E-state index contributed by atoms with van der Waals surface area (Å²) in [5.41, 5.74) is 1.80. The number of rotatable bonds is 2. The topological polar surface area (TPSA) is 0 Å². The molecule has 0 aromatic heterocycles. The highest BCUT2D eigenvalue weighted by molar-refractivity contribution is 9.09. The molecule has 0 bridgehead atoms. The number of hydrogen-bond donors (Lipinski definition) is 0. The molecular formula is C14H18BrCl. The molecule has 0 saturated heterocycles. The molecule has 1 saturated carbocycles. The van der Waals surface area contributed by atoms with Crippen molar-refractivity contribution in [1.82, 2.24) is 0 Å². The van der Waals surface area contributed by atoms with Gasteiger partial charge in [-0.25, -0.2) is 0 Å². The maximum Gasteiger partial charge on any atom is 0.0428 e. The number of halogens is 2. The Hall–Kier alpha value is -0.0100. The van der Waals surface area contributed by atoms with Crippen LogP contribution in [0, 0.1) is 11.3 Å². The van der Waals surface area contributed by atoms with Crippen LogP contribution in [0.25, 0.3) is 0 Å². The molecule has 1 aromatic carbocycles. The summed E-state index contributed by atoms with van der Waals surface area (Å²) in [5, 5.41) is 0.814. The van der Waals surface area contributed by atoms with Crippen molar-refractivity contribution in [2.45, 2.75) is 37.9 Å². The van der Waals surface area contributed by atoms with E-state index in [2.05, 4.69) is 41.9 Å². The van der Waals surface area contributed by atoms with E-state index in [-0.39, 0.29) is 0 Å². The van der Waals surface area contributed by atoms with E-state index < -0.39 is 0 Å². The molecule has 1 fully saturated rings. The SMILES string of the molecule is CC1(C)CCCC1C(Br)c1ccc(Cl)cc1. The molecule has 0 aliphatic heterocycles. The average molecular weight is 302 g/mol. The van der Waals surface area contributed by atoms with Crippen molar-refractivity contribution in [2.75, 3.05) is 0 Å². The van der Waals surface area contributed by atoms with Crippen LogP contribution in [-0.4, -0.2) is 0 Å². The first-order valence-electron chi connectivity index (χ1n) is 5.90. The standard InChI is InChI=1S/C14H18BrCl/c1-14(2)9-3-4-12(14)13(15)10-5-7-11(16)8-6-10/h5-8,12-13H,3-4,9H2,1-2H3. The molecular weight excluding hydrogens is 284 g/mol. The van der Waals surface area contributed by atoms with Gasteiger partial charge in [0.05, 0.1) is 0 Å². The van der Waals surface area contributed by atoms with Crippen molar-refractivity contribution in [3.63, 3.8) is 0 Å². The highest BCUT2D eigenvalue weighted by Crippen LogP contribution is 2.51. The lowest BCUT2D eigenvalue weighted by molar-refractivity contribution is 0.257. The third-order valence-corrected chi connectivity index (χ3v) is 5.30. The number of alkyl halides is 1. The summed E-state index contributed by atoms with van der Waals surface area (Å²) in [6.07, 6.45) is 4.02. The largest absolute Gasteiger partial charge is 0.0843 e. The minimum Gasteiger partial charge on any atom is -0.0843 e. The fourth-order valence-electron chi connectivity index (χ4n) is 2.78. The Morgan fingerprint density at radius 3 is 2.44 bits per heavy atom. The van der Waals surface area contributed by atoms with Crippen LogP contribution in [0.2, 0.25) is 5.02 Å². The zero-order valence-corrected chi connectivity index (χ0v) is 12.2. The lowest BCUT2D eigenvalue weighted by Crippen LogP contribution is -2.21. The van der Waals surface area contributed by atoms with Crippen LogP contribution in [0.5, 0.6) is 0 Å². The van der Waals surface area contributed by atoms with Crippen LogP contribution in [0.4, 0.5) is 0 Å². The van der Waals surface area contributed by atoms with Crippen LogP contribution in [0.15, 0.2) is 24.3 Å². The molecule has 2 atom stereocenters. The Morgan fingerprint density at radius 2 is 1.94 bits per heavy atom. The molecule has 2 rings (SSSR count). The second kappa shape index (κ2) is 4.70. The minimum atomic E-state index is 0.452. The fraction of sp³-hybridized carbons (Fsp3) is 0.571. The normalized spacial score (nSPS) is 25.6. The minimum absolute atomic E-state index is 0.452. The second-order valence-corrected chi connectivity index (χ2v) is 6.86. The molecule has 0 N–H and O–H groups in total. The van der Waals surface area contributed by atoms with E-state index in [1.54, 1.807) is 0 Å². The zero-order chi connectivity index (χ0) is 11.8. The third kappa shape index (κ3) is 2.46. The van der Waals surface area contributed by atoms with Crippen LogP contribution in [0.1, 0.15) is 43.5 Å². The van der Waals surface area contributed by atoms with Gasteiger partial charge >= 0.3 is 0 Å². The van der Waals surface area contributed by atoms with Gasteiger partial charge in [0.15, 0.2) is 0 Å². The van der Waals surface area contributed by atoms with E-state index in [1.165, 1.54) is 24.8 Å². The van der Waals surface area contributed by atoms with E-state index in [9.17, 15) is 0 Å². The predicted octanol–water partition coefficient (Wildman–Crippen LogP) is 5.60. The van der Waals surface area contributed by atoms with E-state index >= 15 is 0 Å². The average Bonchev–Trinajstić information content (AvgIpc) is 2.58. The highest BCUT2D eigenvalue weighted by Gasteiger charge is 2.38. The number of benzene rings is 1. The van der Waals surface area contributed by atoms with Crippen molar-refractivity contribution in [1.29, 1.82) is 0 Å². The van der Waals surface area contributed by atoms with Gasteiger partial charge < -0.3 is 0 Å². The van der Waals surface area contributed by atoms with E-state index in [0.29, 0.717) is 10.2 Å². The zero-order valence-electron chi connectivity index (χ0n) is 9.84. The van der Waals surface area contributed by atoms with Gasteiger partial charge in [-0.2, -0.15) is 0 Å². The van der Waals surface area contributed by atoms with Gasteiger partial charge in [-0.1, -0.05) is 59.9 Å². The van der Waals surface area contributed by atoms with Crippen LogP contribution in [0.3, 0.4) is 0 Å². The van der Waals surface area contributed by atoms with Gasteiger partial charge in [0.25, 0.3) is 0 Å². The lowest BCUT2D eigenvalue weighted by Gasteiger charge is -2.31. The van der Waals surface area contributed by atoms with Gasteiger partial charge in [0.1, 0.15) is 0 Å². The molecule has 0 amide bonds. The Morgan fingerprint density at radius 1 is 1.31 bits per heavy atom. The van der Waals surface area contributed by atoms with Crippen LogP contribution in [-0.2, 0) is 0 Å². The summed E-state index contributed by atoms with van der Waals surface area (Å²) in [4.78, 5) is 0.460. The molecule has 0 nitrogen and oxygen atoms in total. The van der Waals surface area contributed by atoms with Crippen molar-refractivity contribution in [2.24, 2.45) is 11.3 Å². The third-order valence-electron chi connectivity index (χ3n) is 3.88. The molecule has 1 aromatic rings. The Kier molecular flexibility index (Phi) is 3.65. The highest BCUT2D eigenvalue weighted by atomic mass is 79.9. The summed E-state index contributed by atoms with van der Waals surface area (Å²) in [7, 11) is 0. The Balaban J connectivity index is 2.18. The summed E-state index contributed by atoms with van der Waals surface area (Å²) in [6.45, 7) is 4.77. The summed E-state index contributed by atoms with van der Waals surface area (Å²) in [6, 6.07) is 8.23. The molecule has 0 heterocycles. The molecule has 0 spiro atoms. The first-order chi connectivity index (χ1) is 7.50. The van der Waals surface area contributed by atoms with Crippen LogP contribution >= 0.6 is 27.5 Å². The fourth-order valence-corrected chi connectivity index (χ4v) is 4.19. The molecule has 1 aliphatic carbocycles. The molecule has 1 aliphatic rings. The van der Waals surface area contributed by atoms with Crippen LogP contribution < -0.4 is 0 Å². The van der Waals surface area contributed by atoms with Crippen molar-refractivity contribution >= 4 is 27.5 Å². The lowest BCUT2D eigenvalue weighted by atomic mass is 9.78. The van der Waals surface area contributed by atoms with Crippen molar-refractivity contribution in [3.05, 3.63) is 34.9 Å². The first-order valence-corrected chi connectivity index (χ1v) is 7.19.